The van der Waals surface area contributed by atoms with Gasteiger partial charge in [-0.2, -0.15) is 0 Å². The van der Waals surface area contributed by atoms with E-state index in [4.69, 9.17) is 4.74 Å². The van der Waals surface area contributed by atoms with Crippen LogP contribution in [0.15, 0.2) is 30.3 Å². The van der Waals surface area contributed by atoms with Gasteiger partial charge in [0.05, 0.1) is 16.5 Å². The predicted octanol–water partition coefficient (Wildman–Crippen LogP) is 3.82. The highest BCUT2D eigenvalue weighted by atomic mass is 32.2. The van der Waals surface area contributed by atoms with Gasteiger partial charge in [-0.05, 0) is 41.6 Å². The zero-order chi connectivity index (χ0) is 29.8. The van der Waals surface area contributed by atoms with Crippen molar-refractivity contribution in [3.05, 3.63) is 35.9 Å². The first-order valence-corrected chi connectivity index (χ1v) is 16.7. The number of nitrogens with zero attached hydrogens (tertiary/aromatic N) is 1. The summed E-state index contributed by atoms with van der Waals surface area (Å²) < 4.78 is 31.0. The summed E-state index contributed by atoms with van der Waals surface area (Å²) >= 11 is 0. The number of hydrogen-bond acceptors (Lipinski definition) is 6. The third-order valence-corrected chi connectivity index (χ3v) is 12.5. The number of rotatable bonds is 7. The Balaban J connectivity index is 1.32. The molecule has 10 heteroatoms. The number of urea groups is 1. The predicted molar refractivity (Wildman–Crippen MR) is 155 cm³/mol. The van der Waals surface area contributed by atoms with Gasteiger partial charge in [-0.3, -0.25) is 4.79 Å². The monoisotopic (exact) mass is 587 g/mol. The lowest BCUT2D eigenvalue weighted by Gasteiger charge is -2.47. The van der Waals surface area contributed by atoms with E-state index in [-0.39, 0.29) is 35.5 Å². The maximum Gasteiger partial charge on any atom is 0.329 e. The maximum absolute atomic E-state index is 14.2. The van der Waals surface area contributed by atoms with Gasteiger partial charge < -0.3 is 20.3 Å². The first kappa shape index (κ1) is 29.9. The van der Waals surface area contributed by atoms with Gasteiger partial charge >= 0.3 is 12.0 Å². The van der Waals surface area contributed by atoms with E-state index >= 15 is 0 Å². The molecule has 0 bridgehead atoms. The van der Waals surface area contributed by atoms with Crippen LogP contribution >= 0.6 is 0 Å². The summed E-state index contributed by atoms with van der Waals surface area (Å²) in [6, 6.07) is 7.29. The molecule has 4 aliphatic rings. The van der Waals surface area contributed by atoms with Crippen LogP contribution < -0.4 is 10.6 Å². The smallest absolute Gasteiger partial charge is 0.329 e. The van der Waals surface area contributed by atoms with E-state index in [1.165, 1.54) is 0 Å². The first-order valence-electron chi connectivity index (χ1n) is 15.0. The Labute approximate surface area is 244 Å². The molecule has 41 heavy (non-hydrogen) atoms. The van der Waals surface area contributed by atoms with Crippen molar-refractivity contribution in [2.24, 2.45) is 22.7 Å². The molecule has 226 valence electrons. The molecule has 5 rings (SSSR count). The van der Waals surface area contributed by atoms with Crippen LogP contribution in [0.3, 0.4) is 0 Å². The lowest BCUT2D eigenvalue weighted by Crippen LogP contribution is -2.67. The first-order chi connectivity index (χ1) is 19.2. The molecule has 2 heterocycles. The molecule has 1 aromatic carbocycles. The second-order valence-electron chi connectivity index (χ2n) is 14.2. The number of likely N-dealkylation sites (tertiary alicyclic amines) is 1. The number of carbonyl (C=O) groups excluding carboxylic acids is 3. The van der Waals surface area contributed by atoms with Gasteiger partial charge in [0.1, 0.15) is 18.7 Å². The van der Waals surface area contributed by atoms with Gasteiger partial charge in [0.25, 0.3) is 0 Å². The summed E-state index contributed by atoms with van der Waals surface area (Å²) in [6.07, 6.45) is 4.48. The van der Waals surface area contributed by atoms with E-state index < -0.39 is 50.1 Å². The number of fused-ring (bicyclic) bond motifs is 1. The minimum absolute atomic E-state index is 0.00139. The Morgan fingerprint density at radius 3 is 2.29 bits per heavy atom. The zero-order valence-corrected chi connectivity index (χ0v) is 25.8. The average Bonchev–Trinajstić information content (AvgIpc) is 3.22. The van der Waals surface area contributed by atoms with Crippen molar-refractivity contribution in [2.75, 3.05) is 12.3 Å². The van der Waals surface area contributed by atoms with Crippen LogP contribution in [-0.2, 0) is 30.8 Å². The summed E-state index contributed by atoms with van der Waals surface area (Å²) in [4.78, 5) is 42.7. The normalized spacial score (nSPS) is 29.8. The summed E-state index contributed by atoms with van der Waals surface area (Å²) in [5, 5.41) is 5.38. The zero-order valence-electron chi connectivity index (χ0n) is 24.9. The summed E-state index contributed by atoms with van der Waals surface area (Å²) in [5.41, 5.74) is -0.665. The minimum Gasteiger partial charge on any atom is -0.459 e. The van der Waals surface area contributed by atoms with Gasteiger partial charge in [0.15, 0.2) is 9.84 Å². The third kappa shape index (κ3) is 5.60. The van der Waals surface area contributed by atoms with Crippen LogP contribution in [-0.4, -0.2) is 66.4 Å². The topological polar surface area (TPSA) is 122 Å². The largest absolute Gasteiger partial charge is 0.459 e. The quantitative estimate of drug-likeness (QED) is 0.468. The molecule has 2 saturated heterocycles. The van der Waals surface area contributed by atoms with Crippen molar-refractivity contribution in [1.82, 2.24) is 15.5 Å². The van der Waals surface area contributed by atoms with Crippen molar-refractivity contribution in [2.45, 2.75) is 103 Å². The minimum atomic E-state index is -3.24. The van der Waals surface area contributed by atoms with Crippen molar-refractivity contribution >= 4 is 27.7 Å². The SMILES string of the molecule is CC(C)(C)[C@H](NC(=O)NC1([C@@H]2CCS2(=O)=O)CCCCC1)C(=O)N1C[C@H]2[C@@H]([C@H]1C(=O)OCc1ccccc1)C2(C)C. The van der Waals surface area contributed by atoms with E-state index in [0.717, 1.165) is 24.8 Å². The van der Waals surface area contributed by atoms with E-state index in [9.17, 15) is 22.8 Å². The number of benzene rings is 1. The Kier molecular flexibility index (Phi) is 7.71. The Morgan fingerprint density at radius 1 is 1.07 bits per heavy atom. The van der Waals surface area contributed by atoms with Crippen LogP contribution in [0.5, 0.6) is 0 Å². The van der Waals surface area contributed by atoms with Crippen molar-refractivity contribution in [3.8, 4) is 0 Å². The number of nitrogens with one attached hydrogen (secondary N) is 2. The molecule has 2 N–H and O–H groups in total. The fourth-order valence-corrected chi connectivity index (χ4v) is 9.40. The highest BCUT2D eigenvalue weighted by Crippen LogP contribution is 2.65. The van der Waals surface area contributed by atoms with Crippen LogP contribution in [0.1, 0.15) is 78.7 Å². The van der Waals surface area contributed by atoms with Gasteiger partial charge in [0.2, 0.25) is 5.91 Å². The maximum atomic E-state index is 14.2. The van der Waals surface area contributed by atoms with Gasteiger partial charge in [-0.15, -0.1) is 0 Å². The number of carbonyl (C=O) groups is 3. The molecule has 9 nitrogen and oxygen atoms in total. The number of amides is 3. The second kappa shape index (κ2) is 10.6. The van der Waals surface area contributed by atoms with E-state index in [0.29, 0.717) is 25.8 Å². The van der Waals surface area contributed by atoms with Crippen molar-refractivity contribution in [1.29, 1.82) is 0 Å². The highest BCUT2D eigenvalue weighted by molar-refractivity contribution is 7.93. The van der Waals surface area contributed by atoms with Crippen LogP contribution in [0, 0.1) is 22.7 Å². The Bertz CT molecular complexity index is 1280. The summed E-state index contributed by atoms with van der Waals surface area (Å²) in [7, 11) is -3.24. The molecule has 3 amide bonds. The number of sulfone groups is 1. The van der Waals surface area contributed by atoms with Crippen LogP contribution in [0.25, 0.3) is 0 Å². The molecule has 2 aliphatic carbocycles. The molecule has 4 fully saturated rings. The lowest BCUT2D eigenvalue weighted by atomic mass is 9.78. The summed E-state index contributed by atoms with van der Waals surface area (Å²) in [5.74, 6) is -0.399. The van der Waals surface area contributed by atoms with Gasteiger partial charge in [0, 0.05) is 12.5 Å². The Morgan fingerprint density at radius 2 is 1.73 bits per heavy atom. The van der Waals surface area contributed by atoms with Crippen LogP contribution in [0.4, 0.5) is 4.79 Å². The average molecular weight is 588 g/mol. The van der Waals surface area contributed by atoms with Crippen molar-refractivity contribution < 1.29 is 27.5 Å². The molecule has 2 aliphatic heterocycles. The molecule has 5 atom stereocenters. The highest BCUT2D eigenvalue weighted by Gasteiger charge is 2.70. The number of piperidine rings is 1. The van der Waals surface area contributed by atoms with Gasteiger partial charge in [-0.25, -0.2) is 18.0 Å². The molecular formula is C31H45N3O6S. The van der Waals surface area contributed by atoms with E-state index in [2.05, 4.69) is 24.5 Å². The van der Waals surface area contributed by atoms with Gasteiger partial charge in [-0.1, -0.05) is 84.2 Å². The van der Waals surface area contributed by atoms with Crippen LogP contribution in [0.2, 0.25) is 0 Å². The summed E-state index contributed by atoms with van der Waals surface area (Å²) in [6.45, 7) is 10.4. The van der Waals surface area contributed by atoms with E-state index in [1.807, 2.05) is 51.1 Å². The standard InChI is InChI=1S/C31H45N3O6S/c1-29(2,3)25(32-28(37)33-31(15-10-7-11-16-31)22-14-17-41(22,38)39)26(35)34-18-21-23(30(21,4)5)24(34)27(36)40-19-20-12-8-6-9-13-20/h6,8-9,12-13,21-25H,7,10-11,14-19H2,1-5H3,(H2,32,33,37)/t21-,22-,23-,24-,25+/m0/s1. The molecule has 0 radical (unpaired) electrons. The van der Waals surface area contributed by atoms with Crippen molar-refractivity contribution in [3.63, 3.8) is 0 Å². The third-order valence-electron chi connectivity index (χ3n) is 10.2. The lowest BCUT2D eigenvalue weighted by molar-refractivity contribution is -0.157. The number of hydrogen-bond donors (Lipinski definition) is 2. The van der Waals surface area contributed by atoms with E-state index in [1.54, 1.807) is 4.90 Å². The number of ether oxygens (including phenoxy) is 1. The Hall–Kier alpha value is -2.62. The molecule has 2 saturated carbocycles. The molecular weight excluding hydrogens is 542 g/mol. The molecule has 0 unspecified atom stereocenters. The molecule has 0 aromatic heterocycles. The molecule has 1 aromatic rings. The number of esters is 1. The molecule has 0 spiro atoms. The second-order valence-corrected chi connectivity index (χ2v) is 16.5. The fourth-order valence-electron chi connectivity index (χ4n) is 7.56. The fraction of sp³-hybridized carbons (Fsp3) is 0.710.